The van der Waals surface area contributed by atoms with E-state index in [1.54, 1.807) is 18.1 Å². The Morgan fingerprint density at radius 1 is 1.09 bits per heavy atom. The van der Waals surface area contributed by atoms with E-state index in [0.29, 0.717) is 42.5 Å². The summed E-state index contributed by atoms with van der Waals surface area (Å²) in [5.74, 6) is -0.771. The lowest BCUT2D eigenvalue weighted by atomic mass is 9.72. The zero-order chi connectivity index (χ0) is 31.9. The van der Waals surface area contributed by atoms with Crippen LogP contribution in [-0.2, 0) is 22.6 Å². The molecule has 1 aromatic heterocycles. The highest BCUT2D eigenvalue weighted by molar-refractivity contribution is 5.88. The van der Waals surface area contributed by atoms with Gasteiger partial charge >= 0.3 is 5.97 Å². The number of likely N-dealkylation sites (tertiary alicyclic amines) is 1. The molecule has 8 nitrogen and oxygen atoms in total. The van der Waals surface area contributed by atoms with Crippen LogP contribution in [0.4, 0.5) is 4.39 Å². The first-order chi connectivity index (χ1) is 21.6. The van der Waals surface area contributed by atoms with Gasteiger partial charge in [-0.2, -0.15) is 0 Å². The van der Waals surface area contributed by atoms with E-state index in [1.165, 1.54) is 24.1 Å². The van der Waals surface area contributed by atoms with Crippen molar-refractivity contribution < 1.29 is 28.6 Å². The lowest BCUT2D eigenvalue weighted by Gasteiger charge is -2.36. The summed E-state index contributed by atoms with van der Waals surface area (Å²) in [6.07, 6.45) is 5.29. The van der Waals surface area contributed by atoms with Crippen LogP contribution in [0.2, 0.25) is 0 Å². The molecule has 1 unspecified atom stereocenters. The van der Waals surface area contributed by atoms with E-state index in [2.05, 4.69) is 16.4 Å². The molecule has 2 aromatic carbocycles. The van der Waals surface area contributed by atoms with Gasteiger partial charge in [0.05, 0.1) is 13.2 Å². The third-order valence-corrected chi connectivity index (χ3v) is 9.80. The van der Waals surface area contributed by atoms with Crippen molar-refractivity contribution in [3.63, 3.8) is 0 Å². The number of nitrogens with one attached hydrogen (secondary N) is 1. The number of carbonyl (C=O) groups excluding carboxylic acids is 1. The summed E-state index contributed by atoms with van der Waals surface area (Å²) in [6.45, 7) is 6.48. The lowest BCUT2D eigenvalue weighted by molar-refractivity contribution is -0.155. The molecule has 9 heteroatoms. The molecule has 2 N–H and O–H groups in total. The van der Waals surface area contributed by atoms with E-state index < -0.39 is 41.5 Å². The van der Waals surface area contributed by atoms with Gasteiger partial charge in [0.2, 0.25) is 5.88 Å². The molecule has 1 amide bonds. The Kier molecular flexibility index (Phi) is 8.57. The van der Waals surface area contributed by atoms with Crippen LogP contribution < -0.4 is 14.8 Å². The minimum absolute atomic E-state index is 0.328. The molecule has 0 bridgehead atoms. The monoisotopic (exact) mass is 615 g/mol. The minimum atomic E-state index is -1.11. The first-order valence-corrected chi connectivity index (χ1v) is 15.9. The van der Waals surface area contributed by atoms with Gasteiger partial charge in [-0.05, 0) is 78.0 Å². The van der Waals surface area contributed by atoms with Crippen LogP contribution in [0.15, 0.2) is 60.8 Å². The third kappa shape index (κ3) is 6.02. The van der Waals surface area contributed by atoms with Gasteiger partial charge in [0.15, 0.2) is 6.10 Å². The van der Waals surface area contributed by atoms with Crippen molar-refractivity contribution in [3.05, 3.63) is 88.9 Å². The summed E-state index contributed by atoms with van der Waals surface area (Å²) in [7, 11) is 1.60. The van der Waals surface area contributed by atoms with Crippen molar-refractivity contribution in [1.82, 2.24) is 15.2 Å². The first kappa shape index (κ1) is 31.0. The maximum atomic E-state index is 14.5. The minimum Gasteiger partial charge on any atom is -0.481 e. The molecular formula is C36H42FN3O5. The number of nitrogens with zero attached hydrogens (tertiary/aromatic N) is 2. The van der Waals surface area contributed by atoms with E-state index in [9.17, 15) is 19.1 Å². The van der Waals surface area contributed by atoms with Crippen molar-refractivity contribution >= 4 is 11.9 Å². The first-order valence-electron chi connectivity index (χ1n) is 15.9. The summed E-state index contributed by atoms with van der Waals surface area (Å²) in [4.78, 5) is 33.9. The number of fused-ring (bicyclic) bond motifs is 1. The topological polar surface area (TPSA) is 101 Å². The van der Waals surface area contributed by atoms with Crippen molar-refractivity contribution in [2.45, 2.75) is 89.6 Å². The van der Waals surface area contributed by atoms with Crippen LogP contribution in [0.25, 0.3) is 0 Å². The Labute approximate surface area is 264 Å². The Balaban J connectivity index is 1.39. The van der Waals surface area contributed by atoms with Gasteiger partial charge in [0.1, 0.15) is 17.6 Å². The number of carboxylic acid groups (broad SMARTS) is 1. The molecule has 1 saturated carbocycles. The molecule has 3 aliphatic rings. The molecule has 238 valence electrons. The van der Waals surface area contributed by atoms with Gasteiger partial charge in [0, 0.05) is 30.3 Å². The maximum Gasteiger partial charge on any atom is 0.326 e. The van der Waals surface area contributed by atoms with Crippen molar-refractivity contribution in [3.8, 4) is 11.6 Å². The average Bonchev–Trinajstić information content (AvgIpc) is 3.35. The number of pyridine rings is 1. The fourth-order valence-electron chi connectivity index (χ4n) is 7.44. The number of methoxy groups -OCH3 is 1. The standard InChI is InChI=1S/C36H42FN3O5/c1-36(2,3)29-30(38-20-25-17-24(21-11-8-12-21)19-39-33(25)44-4)31(22-9-6-5-7-10-22)40(32(29)35(42)43)34(41)28-15-13-23-18-26(37)14-16-27(23)45-28/h5-7,9-10,14,16-19,21,28-32,38H,8,11-13,15,20H2,1-4H3,(H,42,43)/t28?,29-,30-,31-,32-/m0/s1. The third-order valence-electron chi connectivity index (χ3n) is 9.80. The largest absolute Gasteiger partial charge is 0.481 e. The van der Waals surface area contributed by atoms with Gasteiger partial charge in [-0.3, -0.25) is 4.79 Å². The van der Waals surface area contributed by atoms with Gasteiger partial charge in [-0.25, -0.2) is 14.2 Å². The summed E-state index contributed by atoms with van der Waals surface area (Å²) in [6, 6.07) is 13.9. The van der Waals surface area contributed by atoms with Gasteiger partial charge < -0.3 is 24.8 Å². The fraction of sp³-hybridized carbons (Fsp3) is 0.472. The molecule has 1 saturated heterocycles. The SMILES string of the molecule is COc1ncc(C2CCC2)cc1CN[C@H]1[C@H](C(C)(C)C)[C@@H](C(=O)O)N(C(=O)C2CCc3cc(F)ccc3O2)[C@H]1c1ccccc1. The van der Waals surface area contributed by atoms with Gasteiger partial charge in [0.25, 0.3) is 5.91 Å². The molecule has 5 atom stereocenters. The number of hydrogen-bond acceptors (Lipinski definition) is 6. The Hall–Kier alpha value is -3.98. The number of amides is 1. The van der Waals surface area contributed by atoms with Crippen LogP contribution >= 0.6 is 0 Å². The molecule has 0 radical (unpaired) electrons. The van der Waals surface area contributed by atoms with E-state index in [-0.39, 0.29) is 11.7 Å². The van der Waals surface area contributed by atoms with E-state index in [4.69, 9.17) is 9.47 Å². The quantitative estimate of drug-likeness (QED) is 0.318. The predicted octanol–water partition coefficient (Wildman–Crippen LogP) is 6.05. The second-order valence-corrected chi connectivity index (χ2v) is 13.6. The summed E-state index contributed by atoms with van der Waals surface area (Å²) in [5, 5.41) is 14.5. The number of carbonyl (C=O) groups is 2. The van der Waals surface area contributed by atoms with Crippen LogP contribution in [0, 0.1) is 17.2 Å². The van der Waals surface area contributed by atoms with E-state index in [0.717, 1.165) is 24.0 Å². The van der Waals surface area contributed by atoms with Gasteiger partial charge in [-0.15, -0.1) is 0 Å². The fourth-order valence-corrected chi connectivity index (χ4v) is 7.44. The molecule has 3 aromatic rings. The summed E-state index contributed by atoms with van der Waals surface area (Å²) >= 11 is 0. The molecule has 6 rings (SSSR count). The zero-order valence-corrected chi connectivity index (χ0v) is 26.3. The number of carboxylic acids is 1. The summed E-state index contributed by atoms with van der Waals surface area (Å²) < 4.78 is 25.7. The number of hydrogen-bond donors (Lipinski definition) is 2. The molecule has 0 spiro atoms. The number of rotatable bonds is 8. The van der Waals surface area contributed by atoms with E-state index >= 15 is 0 Å². The number of benzene rings is 2. The van der Waals surface area contributed by atoms with Crippen LogP contribution in [-0.4, -0.2) is 52.2 Å². The summed E-state index contributed by atoms with van der Waals surface area (Å²) in [5.41, 5.74) is 3.14. The number of halogens is 1. The van der Waals surface area contributed by atoms with Crippen LogP contribution in [0.3, 0.4) is 0 Å². The Morgan fingerprint density at radius 2 is 1.84 bits per heavy atom. The normalized spacial score (nSPS) is 24.8. The van der Waals surface area contributed by atoms with Crippen molar-refractivity contribution in [2.24, 2.45) is 11.3 Å². The highest BCUT2D eigenvalue weighted by Crippen LogP contribution is 2.49. The second kappa shape index (κ2) is 12.4. The average molecular weight is 616 g/mol. The van der Waals surface area contributed by atoms with Gasteiger partial charge in [-0.1, -0.05) is 57.5 Å². The van der Waals surface area contributed by atoms with Crippen LogP contribution in [0.1, 0.15) is 80.7 Å². The predicted molar refractivity (Wildman–Crippen MR) is 168 cm³/mol. The molecule has 45 heavy (non-hydrogen) atoms. The van der Waals surface area contributed by atoms with Crippen LogP contribution in [0.5, 0.6) is 11.6 Å². The highest BCUT2D eigenvalue weighted by atomic mass is 19.1. The molecule has 3 heterocycles. The maximum absolute atomic E-state index is 14.5. The number of aryl methyl sites for hydroxylation is 1. The van der Waals surface area contributed by atoms with Crippen molar-refractivity contribution in [1.29, 1.82) is 0 Å². The van der Waals surface area contributed by atoms with Crippen molar-refractivity contribution in [2.75, 3.05) is 7.11 Å². The number of ether oxygens (including phenoxy) is 2. The lowest BCUT2D eigenvalue weighted by Crippen LogP contribution is -2.51. The van der Waals surface area contributed by atoms with E-state index in [1.807, 2.05) is 57.3 Å². The highest BCUT2D eigenvalue weighted by Gasteiger charge is 2.59. The molecule has 1 aliphatic carbocycles. The zero-order valence-electron chi connectivity index (χ0n) is 26.3. The molecule has 2 aliphatic heterocycles. The smallest absolute Gasteiger partial charge is 0.326 e. The molecule has 2 fully saturated rings. The second-order valence-electron chi connectivity index (χ2n) is 13.6. The number of aromatic nitrogens is 1. The Morgan fingerprint density at radius 3 is 2.49 bits per heavy atom. The molecular weight excluding hydrogens is 573 g/mol. The number of aliphatic carboxylic acids is 1. The Bertz CT molecular complexity index is 1550.